The highest BCUT2D eigenvalue weighted by atomic mass is 35.5. The predicted octanol–water partition coefficient (Wildman–Crippen LogP) is 5.05. The van der Waals surface area contributed by atoms with Gasteiger partial charge in [0.15, 0.2) is 0 Å². The van der Waals surface area contributed by atoms with Gasteiger partial charge >= 0.3 is 5.97 Å². The van der Waals surface area contributed by atoms with Crippen molar-refractivity contribution in [2.75, 3.05) is 5.32 Å². The Morgan fingerprint density at radius 1 is 1.10 bits per heavy atom. The van der Waals surface area contributed by atoms with E-state index in [4.69, 9.17) is 23.2 Å². The number of aromatic carboxylic acids is 1. The minimum absolute atomic E-state index is 0.209. The SMILES string of the molecule is Cc1ccc(Cl)c(Nc2cccc(C)c2C(=O)O)c1Cl. The summed E-state index contributed by atoms with van der Waals surface area (Å²) < 4.78 is 0. The molecule has 0 amide bonds. The first-order valence-electron chi connectivity index (χ1n) is 5.96. The van der Waals surface area contributed by atoms with Crippen LogP contribution in [0.1, 0.15) is 21.5 Å². The van der Waals surface area contributed by atoms with Crippen LogP contribution in [0.15, 0.2) is 30.3 Å². The molecule has 2 rings (SSSR count). The largest absolute Gasteiger partial charge is 0.478 e. The lowest BCUT2D eigenvalue weighted by Gasteiger charge is -2.15. The lowest BCUT2D eigenvalue weighted by molar-refractivity contribution is 0.0697. The lowest BCUT2D eigenvalue weighted by Crippen LogP contribution is -2.05. The molecular formula is C15H13Cl2NO2. The third kappa shape index (κ3) is 2.74. The van der Waals surface area contributed by atoms with Gasteiger partial charge in [-0.25, -0.2) is 4.79 Å². The van der Waals surface area contributed by atoms with E-state index in [9.17, 15) is 9.90 Å². The van der Waals surface area contributed by atoms with Crippen LogP contribution in [0.2, 0.25) is 10.0 Å². The van der Waals surface area contributed by atoms with Crippen molar-refractivity contribution in [3.63, 3.8) is 0 Å². The fourth-order valence-electron chi connectivity index (χ4n) is 1.96. The van der Waals surface area contributed by atoms with Gasteiger partial charge in [-0.15, -0.1) is 0 Å². The second-order valence-corrected chi connectivity index (χ2v) is 5.27. The number of hydrogen-bond acceptors (Lipinski definition) is 2. The van der Waals surface area contributed by atoms with Gasteiger partial charge in [0.2, 0.25) is 0 Å². The maximum atomic E-state index is 11.4. The first-order chi connectivity index (χ1) is 9.41. The maximum absolute atomic E-state index is 11.4. The van der Waals surface area contributed by atoms with Crippen LogP contribution in [0, 0.1) is 13.8 Å². The van der Waals surface area contributed by atoms with Crippen molar-refractivity contribution < 1.29 is 9.90 Å². The summed E-state index contributed by atoms with van der Waals surface area (Å²) >= 11 is 12.4. The summed E-state index contributed by atoms with van der Waals surface area (Å²) in [6.45, 7) is 3.60. The Labute approximate surface area is 127 Å². The van der Waals surface area contributed by atoms with Crippen molar-refractivity contribution in [2.24, 2.45) is 0 Å². The first kappa shape index (κ1) is 14.7. The van der Waals surface area contributed by atoms with Crippen LogP contribution in [0.4, 0.5) is 11.4 Å². The third-order valence-corrected chi connectivity index (χ3v) is 3.83. The van der Waals surface area contributed by atoms with Gasteiger partial charge in [0.25, 0.3) is 0 Å². The summed E-state index contributed by atoms with van der Waals surface area (Å²) in [5.41, 5.74) is 2.72. The summed E-state index contributed by atoms with van der Waals surface area (Å²) in [6.07, 6.45) is 0. The zero-order chi connectivity index (χ0) is 14.9. The first-order valence-corrected chi connectivity index (χ1v) is 6.72. The van der Waals surface area contributed by atoms with Crippen LogP contribution in [0.3, 0.4) is 0 Å². The number of halogens is 2. The van der Waals surface area contributed by atoms with E-state index in [1.807, 2.05) is 13.0 Å². The van der Waals surface area contributed by atoms with Crippen molar-refractivity contribution in [3.8, 4) is 0 Å². The van der Waals surface area contributed by atoms with Gasteiger partial charge in [-0.1, -0.05) is 41.4 Å². The average Bonchev–Trinajstić information content (AvgIpc) is 2.39. The molecule has 20 heavy (non-hydrogen) atoms. The highest BCUT2D eigenvalue weighted by Crippen LogP contribution is 2.36. The summed E-state index contributed by atoms with van der Waals surface area (Å²) in [7, 11) is 0. The normalized spacial score (nSPS) is 10.4. The number of anilines is 2. The monoisotopic (exact) mass is 309 g/mol. The zero-order valence-corrected chi connectivity index (χ0v) is 12.5. The fourth-order valence-corrected chi connectivity index (χ4v) is 2.43. The molecule has 2 aromatic carbocycles. The molecule has 0 aliphatic carbocycles. The van der Waals surface area contributed by atoms with E-state index in [0.29, 0.717) is 27.0 Å². The number of benzene rings is 2. The summed E-state index contributed by atoms with van der Waals surface area (Å²) in [6, 6.07) is 8.74. The standard InChI is InChI=1S/C15H13Cl2NO2/c1-8-4-3-5-11(12(8)15(19)20)18-14-10(16)7-6-9(2)13(14)17/h3-7,18H,1-2H3,(H,19,20). The second-order valence-electron chi connectivity index (χ2n) is 4.48. The molecule has 0 radical (unpaired) electrons. The van der Waals surface area contributed by atoms with Crippen molar-refractivity contribution in [2.45, 2.75) is 13.8 Å². The molecule has 2 N–H and O–H groups in total. The molecule has 0 aliphatic rings. The Kier molecular flexibility index (Phi) is 4.21. The number of hydrogen-bond donors (Lipinski definition) is 2. The van der Waals surface area contributed by atoms with Gasteiger partial charge in [0.1, 0.15) is 0 Å². The van der Waals surface area contributed by atoms with Gasteiger partial charge < -0.3 is 10.4 Å². The van der Waals surface area contributed by atoms with Crippen LogP contribution in [0.5, 0.6) is 0 Å². The molecule has 0 spiro atoms. The van der Waals surface area contributed by atoms with Crippen molar-refractivity contribution in [1.82, 2.24) is 0 Å². The molecule has 0 heterocycles. The van der Waals surface area contributed by atoms with E-state index in [-0.39, 0.29) is 5.56 Å². The number of carboxylic acid groups (broad SMARTS) is 1. The predicted molar refractivity (Wildman–Crippen MR) is 82.6 cm³/mol. The molecule has 0 saturated heterocycles. The Morgan fingerprint density at radius 2 is 1.80 bits per heavy atom. The number of rotatable bonds is 3. The average molecular weight is 310 g/mol. The second kappa shape index (κ2) is 5.73. The Bertz CT molecular complexity index is 684. The van der Waals surface area contributed by atoms with Gasteiger partial charge in [0.05, 0.1) is 27.0 Å². The lowest BCUT2D eigenvalue weighted by atomic mass is 10.1. The number of nitrogens with one attached hydrogen (secondary N) is 1. The van der Waals surface area contributed by atoms with Crippen molar-refractivity contribution in [1.29, 1.82) is 0 Å². The number of aryl methyl sites for hydroxylation is 2. The van der Waals surface area contributed by atoms with Gasteiger partial charge in [-0.05, 0) is 37.1 Å². The molecule has 0 fully saturated rings. The molecule has 0 unspecified atom stereocenters. The molecule has 0 atom stereocenters. The molecule has 3 nitrogen and oxygen atoms in total. The third-order valence-electron chi connectivity index (χ3n) is 3.03. The van der Waals surface area contributed by atoms with Crippen molar-refractivity contribution >= 4 is 40.5 Å². The van der Waals surface area contributed by atoms with Crippen LogP contribution in [-0.4, -0.2) is 11.1 Å². The minimum atomic E-state index is -0.995. The Hall–Kier alpha value is -1.71. The summed E-state index contributed by atoms with van der Waals surface area (Å²) in [4.78, 5) is 11.4. The highest BCUT2D eigenvalue weighted by molar-refractivity contribution is 6.39. The van der Waals surface area contributed by atoms with Crippen LogP contribution in [0.25, 0.3) is 0 Å². The fraction of sp³-hybridized carbons (Fsp3) is 0.133. The van der Waals surface area contributed by atoms with Gasteiger partial charge in [0, 0.05) is 0 Å². The summed E-state index contributed by atoms with van der Waals surface area (Å²) in [5, 5.41) is 13.3. The highest BCUT2D eigenvalue weighted by Gasteiger charge is 2.15. The van der Waals surface area contributed by atoms with Crippen LogP contribution in [-0.2, 0) is 0 Å². The molecule has 0 saturated carbocycles. The minimum Gasteiger partial charge on any atom is -0.478 e. The van der Waals surface area contributed by atoms with E-state index in [1.165, 1.54) is 0 Å². The number of carbonyl (C=O) groups is 1. The van der Waals surface area contributed by atoms with Crippen molar-refractivity contribution in [3.05, 3.63) is 57.1 Å². The smallest absolute Gasteiger partial charge is 0.338 e. The van der Waals surface area contributed by atoms with E-state index in [2.05, 4.69) is 5.32 Å². The molecule has 2 aromatic rings. The maximum Gasteiger partial charge on any atom is 0.338 e. The topological polar surface area (TPSA) is 49.3 Å². The van der Waals surface area contributed by atoms with Crippen LogP contribution < -0.4 is 5.32 Å². The Balaban J connectivity index is 2.54. The molecule has 104 valence electrons. The molecular weight excluding hydrogens is 297 g/mol. The Morgan fingerprint density at radius 3 is 2.45 bits per heavy atom. The van der Waals surface area contributed by atoms with E-state index >= 15 is 0 Å². The van der Waals surface area contributed by atoms with Gasteiger partial charge in [-0.3, -0.25) is 0 Å². The molecule has 0 bridgehead atoms. The van der Waals surface area contributed by atoms with E-state index in [1.54, 1.807) is 31.2 Å². The van der Waals surface area contributed by atoms with E-state index in [0.717, 1.165) is 5.56 Å². The zero-order valence-electron chi connectivity index (χ0n) is 11.0. The summed E-state index contributed by atoms with van der Waals surface area (Å²) in [5.74, 6) is -0.995. The molecule has 0 aromatic heterocycles. The molecule has 0 aliphatic heterocycles. The van der Waals surface area contributed by atoms with Gasteiger partial charge in [-0.2, -0.15) is 0 Å². The van der Waals surface area contributed by atoms with Crippen LogP contribution >= 0.6 is 23.2 Å². The van der Waals surface area contributed by atoms with E-state index < -0.39 is 5.97 Å². The quantitative estimate of drug-likeness (QED) is 0.834. The number of carboxylic acids is 1. The molecule has 5 heteroatoms.